The summed E-state index contributed by atoms with van der Waals surface area (Å²) in [5.41, 5.74) is 4.28. The minimum absolute atomic E-state index is 0.456. The van der Waals surface area contributed by atoms with Gasteiger partial charge in [-0.2, -0.15) is 5.10 Å². The van der Waals surface area contributed by atoms with Crippen LogP contribution in [0.25, 0.3) is 5.69 Å². The molecule has 2 heterocycles. The van der Waals surface area contributed by atoms with Crippen LogP contribution in [0.4, 0.5) is 0 Å². The van der Waals surface area contributed by atoms with Crippen LogP contribution in [0.3, 0.4) is 0 Å². The van der Waals surface area contributed by atoms with Gasteiger partial charge in [0.1, 0.15) is 6.61 Å². The molecule has 2 aromatic heterocycles. The van der Waals surface area contributed by atoms with Crippen LogP contribution in [0.5, 0.6) is 5.88 Å². The van der Waals surface area contributed by atoms with E-state index in [1.165, 1.54) is 0 Å². The van der Waals surface area contributed by atoms with Gasteiger partial charge >= 0.3 is 0 Å². The zero-order valence-electron chi connectivity index (χ0n) is 16.8. The molecule has 0 atom stereocenters. The molecule has 0 aliphatic rings. The Labute approximate surface area is 175 Å². The van der Waals surface area contributed by atoms with E-state index in [9.17, 15) is 0 Å². The Bertz CT molecular complexity index is 968. The van der Waals surface area contributed by atoms with Crippen LogP contribution in [0.1, 0.15) is 17.0 Å². The summed E-state index contributed by atoms with van der Waals surface area (Å²) in [6.07, 6.45) is 1.56. The number of hydrogen-bond donors (Lipinski definition) is 2. The third-order valence-corrected chi connectivity index (χ3v) is 4.47. The molecule has 0 unspecified atom stereocenters. The van der Waals surface area contributed by atoms with E-state index in [1.54, 1.807) is 25.4 Å². The lowest BCUT2D eigenvalue weighted by atomic mass is 10.1. The fourth-order valence-corrected chi connectivity index (χ4v) is 3.02. The number of para-hydroxylation sites is 1. The van der Waals surface area contributed by atoms with Crippen molar-refractivity contribution in [1.82, 2.24) is 25.4 Å². The molecule has 0 bridgehead atoms. The summed E-state index contributed by atoms with van der Waals surface area (Å²) in [6.45, 7) is 5.71. The molecule has 0 fully saturated rings. The Balaban J connectivity index is 1.53. The third kappa shape index (κ3) is 5.71. The molecule has 7 nitrogen and oxygen atoms in total. The van der Waals surface area contributed by atoms with E-state index in [-0.39, 0.29) is 0 Å². The van der Waals surface area contributed by atoms with E-state index >= 15 is 0 Å². The number of halogens is 1. The maximum Gasteiger partial charge on any atom is 0.213 e. The largest absolute Gasteiger partial charge is 0.476 e. The zero-order valence-corrected chi connectivity index (χ0v) is 17.6. The molecule has 0 saturated carbocycles. The number of guanidine groups is 1. The Hall–Kier alpha value is -3.06. The highest BCUT2D eigenvalue weighted by atomic mass is 35.5. The molecule has 1 aromatic carbocycles. The Kier molecular flexibility index (Phi) is 7.08. The first-order valence-corrected chi connectivity index (χ1v) is 9.75. The summed E-state index contributed by atoms with van der Waals surface area (Å²) in [6, 6.07) is 13.8. The van der Waals surface area contributed by atoms with Crippen molar-refractivity contribution < 1.29 is 4.74 Å². The topological polar surface area (TPSA) is 76.4 Å². The summed E-state index contributed by atoms with van der Waals surface area (Å²) in [5.74, 6) is 1.23. The van der Waals surface area contributed by atoms with Gasteiger partial charge in [0.05, 0.1) is 22.9 Å². The molecule has 0 aliphatic heterocycles. The standard InChI is InChI=1S/C21H25ClN6O/c1-15-12-16(2)28(27-15)19-7-5-4-6-17(19)13-26-21(23-3)24-10-11-29-20-9-8-18(22)14-25-20/h4-9,12,14H,10-11,13H2,1-3H3,(H2,23,24,26). The molecule has 3 aromatic rings. The van der Waals surface area contributed by atoms with Gasteiger partial charge in [-0.15, -0.1) is 0 Å². The lowest BCUT2D eigenvalue weighted by Gasteiger charge is -2.15. The van der Waals surface area contributed by atoms with Crippen LogP contribution in [0.15, 0.2) is 53.7 Å². The van der Waals surface area contributed by atoms with Gasteiger partial charge in [-0.25, -0.2) is 9.67 Å². The molecule has 0 saturated heterocycles. The van der Waals surface area contributed by atoms with E-state index in [0.29, 0.717) is 36.6 Å². The van der Waals surface area contributed by atoms with Crippen molar-refractivity contribution in [3.05, 3.63) is 70.6 Å². The summed E-state index contributed by atoms with van der Waals surface area (Å²) >= 11 is 5.82. The summed E-state index contributed by atoms with van der Waals surface area (Å²) in [4.78, 5) is 8.37. The fraction of sp³-hybridized carbons (Fsp3) is 0.286. The lowest BCUT2D eigenvalue weighted by molar-refractivity contribution is 0.309. The van der Waals surface area contributed by atoms with Crippen molar-refractivity contribution in [2.24, 2.45) is 4.99 Å². The number of benzene rings is 1. The molecule has 0 radical (unpaired) electrons. The maximum atomic E-state index is 5.82. The average molecular weight is 413 g/mol. The number of aromatic nitrogens is 3. The molecule has 8 heteroatoms. The number of rotatable bonds is 7. The van der Waals surface area contributed by atoms with Crippen molar-refractivity contribution in [3.8, 4) is 11.6 Å². The normalized spacial score (nSPS) is 11.4. The number of nitrogens with zero attached hydrogens (tertiary/aromatic N) is 4. The van der Waals surface area contributed by atoms with E-state index in [1.807, 2.05) is 23.7 Å². The molecule has 0 amide bonds. The summed E-state index contributed by atoms with van der Waals surface area (Å²) in [5, 5.41) is 11.8. The van der Waals surface area contributed by atoms with Gasteiger partial charge in [-0.1, -0.05) is 29.8 Å². The highest BCUT2D eigenvalue weighted by Gasteiger charge is 2.09. The van der Waals surface area contributed by atoms with Crippen molar-refractivity contribution in [2.75, 3.05) is 20.2 Å². The molecule has 152 valence electrons. The number of aryl methyl sites for hydroxylation is 2. The van der Waals surface area contributed by atoms with Gasteiger partial charge < -0.3 is 15.4 Å². The van der Waals surface area contributed by atoms with Gasteiger partial charge in [0.15, 0.2) is 5.96 Å². The Morgan fingerprint density at radius 2 is 2.00 bits per heavy atom. The van der Waals surface area contributed by atoms with Crippen LogP contribution in [-0.4, -0.2) is 40.9 Å². The SMILES string of the molecule is CN=C(NCCOc1ccc(Cl)cn1)NCc1ccccc1-n1nc(C)cc1C. The molecule has 0 spiro atoms. The second-order valence-corrected chi connectivity index (χ2v) is 6.92. The second-order valence-electron chi connectivity index (χ2n) is 6.48. The minimum Gasteiger partial charge on any atom is -0.476 e. The molecular formula is C21H25ClN6O. The highest BCUT2D eigenvalue weighted by Crippen LogP contribution is 2.17. The summed E-state index contributed by atoms with van der Waals surface area (Å²) < 4.78 is 7.55. The van der Waals surface area contributed by atoms with Gasteiger partial charge in [0.25, 0.3) is 0 Å². The van der Waals surface area contributed by atoms with Crippen molar-refractivity contribution in [1.29, 1.82) is 0 Å². The van der Waals surface area contributed by atoms with E-state index in [0.717, 1.165) is 22.6 Å². The predicted octanol–water partition coefficient (Wildman–Crippen LogP) is 3.28. The van der Waals surface area contributed by atoms with Crippen LogP contribution < -0.4 is 15.4 Å². The number of ether oxygens (including phenoxy) is 1. The monoisotopic (exact) mass is 412 g/mol. The smallest absolute Gasteiger partial charge is 0.213 e. The van der Waals surface area contributed by atoms with Gasteiger partial charge in [0.2, 0.25) is 5.88 Å². The number of pyridine rings is 1. The first-order valence-electron chi connectivity index (χ1n) is 9.37. The number of hydrogen-bond acceptors (Lipinski definition) is 4. The predicted molar refractivity (Wildman–Crippen MR) is 116 cm³/mol. The van der Waals surface area contributed by atoms with Crippen LogP contribution in [-0.2, 0) is 6.54 Å². The second kappa shape index (κ2) is 9.93. The van der Waals surface area contributed by atoms with E-state index < -0.39 is 0 Å². The highest BCUT2D eigenvalue weighted by molar-refractivity contribution is 6.30. The zero-order chi connectivity index (χ0) is 20.6. The van der Waals surface area contributed by atoms with Crippen molar-refractivity contribution in [3.63, 3.8) is 0 Å². The fourth-order valence-electron chi connectivity index (χ4n) is 2.91. The summed E-state index contributed by atoms with van der Waals surface area (Å²) in [7, 11) is 1.74. The van der Waals surface area contributed by atoms with Crippen molar-refractivity contribution in [2.45, 2.75) is 20.4 Å². The molecular weight excluding hydrogens is 388 g/mol. The third-order valence-electron chi connectivity index (χ3n) is 4.24. The number of nitrogens with one attached hydrogen (secondary N) is 2. The minimum atomic E-state index is 0.456. The maximum absolute atomic E-state index is 5.82. The molecule has 0 aliphatic carbocycles. The lowest BCUT2D eigenvalue weighted by Crippen LogP contribution is -2.39. The van der Waals surface area contributed by atoms with Crippen LogP contribution >= 0.6 is 11.6 Å². The van der Waals surface area contributed by atoms with E-state index in [4.69, 9.17) is 16.3 Å². The van der Waals surface area contributed by atoms with Crippen molar-refractivity contribution >= 4 is 17.6 Å². The van der Waals surface area contributed by atoms with Gasteiger partial charge in [-0.3, -0.25) is 4.99 Å². The van der Waals surface area contributed by atoms with E-state index in [2.05, 4.69) is 50.8 Å². The first-order chi connectivity index (χ1) is 14.1. The van der Waals surface area contributed by atoms with Gasteiger partial charge in [-0.05, 0) is 37.6 Å². The average Bonchev–Trinajstić information content (AvgIpc) is 3.07. The Morgan fingerprint density at radius 3 is 2.69 bits per heavy atom. The van der Waals surface area contributed by atoms with Crippen LogP contribution in [0.2, 0.25) is 5.02 Å². The molecule has 3 rings (SSSR count). The van der Waals surface area contributed by atoms with Gasteiger partial charge in [0, 0.05) is 31.5 Å². The first kappa shape index (κ1) is 20.7. The molecule has 2 N–H and O–H groups in total. The van der Waals surface area contributed by atoms with Crippen LogP contribution in [0, 0.1) is 13.8 Å². The Morgan fingerprint density at radius 1 is 1.17 bits per heavy atom. The quantitative estimate of drug-likeness (QED) is 0.354. The number of aliphatic imine (C=N–C) groups is 1. The molecule has 29 heavy (non-hydrogen) atoms.